The van der Waals surface area contributed by atoms with Crippen molar-refractivity contribution in [2.24, 2.45) is 0 Å². The first kappa shape index (κ1) is 13.1. The predicted molar refractivity (Wildman–Crippen MR) is 69.2 cm³/mol. The van der Waals surface area contributed by atoms with Gasteiger partial charge in [0, 0.05) is 0 Å². The Morgan fingerprint density at radius 2 is 1.13 bits per heavy atom. The second-order valence-corrected chi connectivity index (χ2v) is 7.04. The Bertz CT molecular complexity index is 318. The van der Waals surface area contributed by atoms with Crippen LogP contribution in [0.2, 0.25) is 0 Å². The fraction of sp³-hybridized carbons (Fsp3) is 0.571. The topological polar surface area (TPSA) is 0 Å². The maximum atomic E-state index is 2.28. The van der Waals surface area contributed by atoms with Gasteiger partial charge in [-0.05, 0) is 10.8 Å². The molecule has 1 aromatic carbocycles. The van der Waals surface area contributed by atoms with Crippen LogP contribution in [0.25, 0.3) is 0 Å². The first-order valence-corrected chi connectivity index (χ1v) is 6.30. The minimum Gasteiger partial charge on any atom is -0.201 e. The van der Waals surface area contributed by atoms with Crippen LogP contribution < -0.4 is 3.69 Å². The molecule has 79 valence electrons. The molecule has 0 unspecified atom stereocenters. The molecule has 0 aromatic heterocycles. The lowest BCUT2D eigenvalue weighted by molar-refractivity contribution is 0.576. The molecule has 0 N–H and O–H groups in total. The zero-order valence-corrected chi connectivity index (χ0v) is 12.4. The van der Waals surface area contributed by atoms with Crippen molar-refractivity contribution in [3.05, 3.63) is 29.3 Å². The average Bonchev–Trinajstić information content (AvgIpc) is 1.99. The monoisotopic (exact) mass is 213 g/mol. The van der Waals surface area contributed by atoms with Gasteiger partial charge in [0.25, 0.3) is 21.7 Å². The van der Waals surface area contributed by atoms with Gasteiger partial charge < -0.3 is 0 Å². The average molecular weight is 214 g/mol. The molecule has 1 heteroatoms. The van der Waals surface area contributed by atoms with Crippen LogP contribution in [0, 0.1) is 0 Å². The van der Waals surface area contributed by atoms with Gasteiger partial charge in [0.2, 0.25) is 0 Å². The maximum absolute atomic E-state index is 2.28. The zero-order valence-electron chi connectivity index (χ0n) is 10.9. The van der Waals surface area contributed by atoms with Gasteiger partial charge in [-0.1, -0.05) is 70.9 Å². The standard InChI is InChI=1S/C14H21.Mg/c1-13(2,3)11-8-7-9-12(10-11)14(4,5)6;/h7-9H,1-6H3;. The van der Waals surface area contributed by atoms with Crippen molar-refractivity contribution >= 4 is 25.4 Å². The van der Waals surface area contributed by atoms with Crippen LogP contribution in [-0.4, -0.2) is 21.7 Å². The molecule has 0 aliphatic carbocycles. The Balaban J connectivity index is 3.37. The van der Waals surface area contributed by atoms with Crippen molar-refractivity contribution < 1.29 is 0 Å². The number of rotatable bonds is 0. The van der Waals surface area contributed by atoms with E-state index in [9.17, 15) is 0 Å². The third-order valence-electron chi connectivity index (χ3n) is 2.79. The molecule has 1 aromatic rings. The normalized spacial score (nSPS) is 12.9. The van der Waals surface area contributed by atoms with Crippen LogP contribution in [0.4, 0.5) is 0 Å². The third-order valence-corrected chi connectivity index (χ3v) is 3.55. The van der Waals surface area contributed by atoms with Crippen molar-refractivity contribution in [3.63, 3.8) is 0 Å². The van der Waals surface area contributed by atoms with E-state index in [4.69, 9.17) is 0 Å². The van der Waals surface area contributed by atoms with E-state index in [1.54, 1.807) is 0 Å². The quantitative estimate of drug-likeness (QED) is 0.581. The van der Waals surface area contributed by atoms with Crippen molar-refractivity contribution in [1.82, 2.24) is 0 Å². The van der Waals surface area contributed by atoms with Gasteiger partial charge in [0.1, 0.15) is 0 Å². The van der Waals surface area contributed by atoms with Gasteiger partial charge in [0.15, 0.2) is 0 Å². The van der Waals surface area contributed by atoms with Crippen LogP contribution in [0.15, 0.2) is 18.2 Å². The molecule has 0 saturated carbocycles. The van der Waals surface area contributed by atoms with Crippen molar-refractivity contribution in [2.45, 2.75) is 52.4 Å². The molecule has 0 amide bonds. The molecule has 0 bridgehead atoms. The molecular weight excluding hydrogens is 192 g/mol. The van der Waals surface area contributed by atoms with Gasteiger partial charge in [-0.15, -0.1) is 0 Å². The Morgan fingerprint density at radius 3 is 1.40 bits per heavy atom. The summed E-state index contributed by atoms with van der Waals surface area (Å²) in [4.78, 5) is 0. The minimum absolute atomic E-state index is 0.248. The van der Waals surface area contributed by atoms with E-state index in [1.165, 1.54) is 14.8 Å². The number of hydrogen-bond donors (Lipinski definition) is 0. The van der Waals surface area contributed by atoms with Crippen molar-refractivity contribution in [3.8, 4) is 0 Å². The highest BCUT2D eigenvalue weighted by molar-refractivity contribution is 6.34. The highest BCUT2D eigenvalue weighted by Crippen LogP contribution is 2.25. The summed E-state index contributed by atoms with van der Waals surface area (Å²) in [5, 5.41) is 0. The molecular formula is C14H21Mg. The first-order valence-electron chi connectivity index (χ1n) is 5.60. The molecule has 0 fully saturated rings. The summed E-state index contributed by atoms with van der Waals surface area (Å²) in [5.41, 5.74) is 3.46. The molecule has 0 atom stereocenters. The van der Waals surface area contributed by atoms with Crippen LogP contribution in [0.3, 0.4) is 0 Å². The molecule has 1 rings (SSSR count). The second-order valence-electron chi connectivity index (χ2n) is 6.33. The third kappa shape index (κ3) is 2.98. The Kier molecular flexibility index (Phi) is 3.57. The summed E-state index contributed by atoms with van der Waals surface area (Å²) in [6, 6.07) is 6.72. The minimum atomic E-state index is 0.248. The zero-order chi connectivity index (χ0) is 11.9. The van der Waals surface area contributed by atoms with E-state index in [1.807, 2.05) is 21.7 Å². The lowest BCUT2D eigenvalue weighted by Gasteiger charge is -2.30. The van der Waals surface area contributed by atoms with Crippen LogP contribution in [0.1, 0.15) is 52.7 Å². The van der Waals surface area contributed by atoms with Gasteiger partial charge in [-0.2, -0.15) is 0 Å². The van der Waals surface area contributed by atoms with Crippen molar-refractivity contribution in [1.29, 1.82) is 0 Å². The van der Waals surface area contributed by atoms with E-state index in [0.29, 0.717) is 0 Å². The molecule has 0 heterocycles. The van der Waals surface area contributed by atoms with E-state index < -0.39 is 0 Å². The summed E-state index contributed by atoms with van der Waals surface area (Å²) in [7, 11) is 0. The Hall–Kier alpha value is -0.0138. The van der Waals surface area contributed by atoms with E-state index >= 15 is 0 Å². The lowest BCUT2D eigenvalue weighted by atomic mass is 9.80. The summed E-state index contributed by atoms with van der Waals surface area (Å²) in [5.74, 6) is 0. The highest BCUT2D eigenvalue weighted by Gasteiger charge is 2.20. The molecule has 1 radical (unpaired) electrons. The fourth-order valence-electron chi connectivity index (χ4n) is 1.99. The van der Waals surface area contributed by atoms with Crippen LogP contribution in [-0.2, 0) is 10.8 Å². The SMILES string of the molecule is CC(C)(C)c1cccc(C(C)(C)C)[c]1[Mg]. The van der Waals surface area contributed by atoms with E-state index in [0.717, 1.165) is 0 Å². The van der Waals surface area contributed by atoms with E-state index in [2.05, 4.69) is 59.7 Å². The van der Waals surface area contributed by atoms with Gasteiger partial charge in [-0.3, -0.25) is 0 Å². The number of hydrogen-bond acceptors (Lipinski definition) is 0. The molecule has 0 aliphatic heterocycles. The summed E-state index contributed by atoms with van der Waals surface area (Å²) in [6.07, 6.45) is 0. The van der Waals surface area contributed by atoms with E-state index in [-0.39, 0.29) is 10.8 Å². The Morgan fingerprint density at radius 1 is 0.800 bits per heavy atom. The Labute approximate surface area is 107 Å². The van der Waals surface area contributed by atoms with Crippen LogP contribution >= 0.6 is 0 Å². The molecule has 0 spiro atoms. The highest BCUT2D eigenvalue weighted by atomic mass is 24.4. The van der Waals surface area contributed by atoms with Crippen LogP contribution in [0.5, 0.6) is 0 Å². The molecule has 15 heavy (non-hydrogen) atoms. The summed E-state index contributed by atoms with van der Waals surface area (Å²) in [6.45, 7) is 13.7. The summed E-state index contributed by atoms with van der Waals surface area (Å²) >= 11 is 2.03. The first-order chi connectivity index (χ1) is 6.64. The fourth-order valence-corrected chi connectivity index (χ4v) is 3.29. The second kappa shape index (κ2) is 4.10. The largest absolute Gasteiger partial charge is 0.277 e. The van der Waals surface area contributed by atoms with Crippen molar-refractivity contribution in [2.75, 3.05) is 0 Å². The number of benzene rings is 1. The maximum Gasteiger partial charge on any atom is 0.277 e. The van der Waals surface area contributed by atoms with Gasteiger partial charge in [-0.25, -0.2) is 3.69 Å². The molecule has 0 nitrogen and oxygen atoms in total. The summed E-state index contributed by atoms with van der Waals surface area (Å²) < 4.78 is 1.48. The molecule has 0 aliphatic rings. The predicted octanol–water partition coefficient (Wildman–Crippen LogP) is 3.08. The van der Waals surface area contributed by atoms with Gasteiger partial charge >= 0.3 is 0 Å². The molecule has 0 saturated heterocycles. The van der Waals surface area contributed by atoms with Gasteiger partial charge in [0.05, 0.1) is 0 Å². The smallest absolute Gasteiger partial charge is 0.201 e. The lowest BCUT2D eigenvalue weighted by Crippen LogP contribution is -2.30.